The molecule has 1 aliphatic heterocycles. The molecule has 0 saturated heterocycles. The lowest BCUT2D eigenvalue weighted by Gasteiger charge is -2.31. The van der Waals surface area contributed by atoms with E-state index in [0.717, 1.165) is 4.47 Å². The Kier molecular flexibility index (Phi) is 6.30. The topological polar surface area (TPSA) is 64.6 Å². The van der Waals surface area contributed by atoms with Crippen molar-refractivity contribution in [1.29, 1.82) is 0 Å². The third-order valence-electron chi connectivity index (χ3n) is 4.24. The van der Waals surface area contributed by atoms with Gasteiger partial charge >= 0.3 is 0 Å². The summed E-state index contributed by atoms with van der Waals surface area (Å²) in [5.41, 5.74) is 0.586. The summed E-state index contributed by atoms with van der Waals surface area (Å²) in [7, 11) is 0. The molecular formula is C21H21BrClNO4. The fraction of sp³-hybridized carbons (Fsp3) is 0.333. The highest BCUT2D eigenvalue weighted by molar-refractivity contribution is 9.10. The van der Waals surface area contributed by atoms with Crippen LogP contribution in [0.5, 0.6) is 11.5 Å². The molecular weight excluding hydrogens is 446 g/mol. The molecule has 0 radical (unpaired) electrons. The zero-order chi connectivity index (χ0) is 20.3. The van der Waals surface area contributed by atoms with E-state index in [4.69, 9.17) is 21.1 Å². The maximum atomic E-state index is 12.3. The molecule has 2 aromatic carbocycles. The normalized spacial score (nSPS) is 14.8. The first-order chi connectivity index (χ1) is 13.2. The highest BCUT2D eigenvalue weighted by atomic mass is 79.9. The summed E-state index contributed by atoms with van der Waals surface area (Å²) in [4.78, 5) is 24.5. The van der Waals surface area contributed by atoms with E-state index in [1.54, 1.807) is 36.4 Å². The first-order valence-corrected chi connectivity index (χ1v) is 10.1. The van der Waals surface area contributed by atoms with Gasteiger partial charge in [-0.3, -0.25) is 9.59 Å². The zero-order valence-corrected chi connectivity index (χ0v) is 18.0. The average molecular weight is 467 g/mol. The lowest BCUT2D eigenvalue weighted by molar-refractivity contribution is -0.116. The molecule has 3 rings (SSSR count). The number of nitrogens with one attached hydrogen (secondary N) is 1. The van der Waals surface area contributed by atoms with Gasteiger partial charge < -0.3 is 14.8 Å². The van der Waals surface area contributed by atoms with Crippen molar-refractivity contribution in [3.63, 3.8) is 0 Å². The number of hydrogen-bond acceptors (Lipinski definition) is 4. The van der Waals surface area contributed by atoms with E-state index in [1.165, 1.54) is 0 Å². The van der Waals surface area contributed by atoms with E-state index in [1.807, 2.05) is 13.8 Å². The fourth-order valence-electron chi connectivity index (χ4n) is 2.96. The van der Waals surface area contributed by atoms with Crippen LogP contribution in [0.2, 0.25) is 5.02 Å². The second-order valence-corrected chi connectivity index (χ2v) is 8.54. The van der Waals surface area contributed by atoms with Crippen molar-refractivity contribution in [3.05, 3.63) is 51.5 Å². The third kappa shape index (κ3) is 5.26. The Morgan fingerprint density at radius 1 is 1.29 bits per heavy atom. The van der Waals surface area contributed by atoms with E-state index < -0.39 is 5.60 Å². The number of carbonyl (C=O) groups excluding carboxylic acids is 2. The van der Waals surface area contributed by atoms with Crippen LogP contribution in [-0.4, -0.2) is 23.9 Å². The monoisotopic (exact) mass is 465 g/mol. The minimum atomic E-state index is -0.506. The van der Waals surface area contributed by atoms with Gasteiger partial charge in [0.25, 0.3) is 0 Å². The van der Waals surface area contributed by atoms with Crippen LogP contribution >= 0.6 is 27.5 Å². The quantitative estimate of drug-likeness (QED) is 0.559. The number of Topliss-reactive ketones (excluding diaryl/α,β-unsaturated/α-hetero) is 1. The van der Waals surface area contributed by atoms with Gasteiger partial charge in [0.1, 0.15) is 17.1 Å². The molecule has 2 aromatic rings. The van der Waals surface area contributed by atoms with Crippen molar-refractivity contribution in [2.45, 2.75) is 38.7 Å². The van der Waals surface area contributed by atoms with Gasteiger partial charge in [-0.05, 0) is 72.6 Å². The predicted octanol–water partition coefficient (Wildman–Crippen LogP) is 5.64. The van der Waals surface area contributed by atoms with Gasteiger partial charge in [-0.1, -0.05) is 11.6 Å². The molecule has 0 saturated carbocycles. The second-order valence-electron chi connectivity index (χ2n) is 7.25. The molecule has 1 N–H and O–H groups in total. The number of amides is 1. The van der Waals surface area contributed by atoms with Gasteiger partial charge in [0.05, 0.1) is 23.1 Å². The van der Waals surface area contributed by atoms with Crippen molar-refractivity contribution in [2.75, 3.05) is 11.9 Å². The first-order valence-electron chi connectivity index (χ1n) is 8.97. The van der Waals surface area contributed by atoms with Crippen molar-refractivity contribution >= 4 is 44.9 Å². The summed E-state index contributed by atoms with van der Waals surface area (Å²) in [6.45, 7) is 4.17. The van der Waals surface area contributed by atoms with Gasteiger partial charge in [-0.25, -0.2) is 0 Å². The standard InChI is InChI=1S/C21H21BrClNO4/c1-21(2)12-17(25)15-11-14(6-8-18(15)28-21)24-20(26)4-3-9-27-19-7-5-13(23)10-16(19)22/h5-8,10-11H,3-4,9,12H2,1-2H3,(H,24,26). The van der Waals surface area contributed by atoms with Crippen LogP contribution in [0.3, 0.4) is 0 Å². The average Bonchev–Trinajstić information content (AvgIpc) is 2.60. The van der Waals surface area contributed by atoms with E-state index in [-0.39, 0.29) is 11.7 Å². The molecule has 0 spiro atoms. The largest absolute Gasteiger partial charge is 0.492 e. The lowest BCUT2D eigenvalue weighted by Crippen LogP contribution is -2.35. The van der Waals surface area contributed by atoms with Crippen LogP contribution in [-0.2, 0) is 4.79 Å². The molecule has 0 aliphatic carbocycles. The molecule has 148 valence electrons. The predicted molar refractivity (Wildman–Crippen MR) is 113 cm³/mol. The Bertz CT molecular complexity index is 913. The van der Waals surface area contributed by atoms with Gasteiger partial charge in [0.15, 0.2) is 5.78 Å². The zero-order valence-electron chi connectivity index (χ0n) is 15.7. The van der Waals surface area contributed by atoms with Gasteiger partial charge in [-0.2, -0.15) is 0 Å². The molecule has 1 aliphatic rings. The SMILES string of the molecule is CC1(C)CC(=O)c2cc(NC(=O)CCCOc3ccc(Cl)cc3Br)ccc2O1. The number of ketones is 1. The molecule has 1 heterocycles. The van der Waals surface area contributed by atoms with Crippen LogP contribution in [0.15, 0.2) is 40.9 Å². The molecule has 0 aromatic heterocycles. The van der Waals surface area contributed by atoms with Crippen molar-refractivity contribution < 1.29 is 19.1 Å². The second kappa shape index (κ2) is 8.53. The third-order valence-corrected chi connectivity index (χ3v) is 5.09. The van der Waals surface area contributed by atoms with Crippen LogP contribution in [0.1, 0.15) is 43.5 Å². The van der Waals surface area contributed by atoms with Crippen LogP contribution in [0, 0.1) is 0 Å². The highest BCUT2D eigenvalue weighted by Crippen LogP contribution is 2.34. The van der Waals surface area contributed by atoms with E-state index in [0.29, 0.717) is 53.6 Å². The van der Waals surface area contributed by atoms with Gasteiger partial charge in [0, 0.05) is 17.1 Å². The number of rotatable bonds is 6. The van der Waals surface area contributed by atoms with E-state index >= 15 is 0 Å². The molecule has 0 unspecified atom stereocenters. The van der Waals surface area contributed by atoms with E-state index in [2.05, 4.69) is 21.2 Å². The summed E-state index contributed by atoms with van der Waals surface area (Å²) in [6, 6.07) is 10.4. The Morgan fingerprint density at radius 2 is 2.07 bits per heavy atom. The molecule has 0 bridgehead atoms. The van der Waals surface area contributed by atoms with Gasteiger partial charge in [0.2, 0.25) is 5.91 Å². The van der Waals surface area contributed by atoms with Crippen molar-refractivity contribution in [2.24, 2.45) is 0 Å². The molecule has 1 amide bonds. The first kappa shape index (κ1) is 20.7. The van der Waals surface area contributed by atoms with Crippen LogP contribution < -0.4 is 14.8 Å². The van der Waals surface area contributed by atoms with Crippen molar-refractivity contribution in [3.8, 4) is 11.5 Å². The molecule has 0 atom stereocenters. The maximum absolute atomic E-state index is 12.3. The van der Waals surface area contributed by atoms with E-state index in [9.17, 15) is 9.59 Å². The Labute approximate surface area is 177 Å². The number of carbonyl (C=O) groups is 2. The number of hydrogen-bond donors (Lipinski definition) is 1. The Balaban J connectivity index is 1.50. The smallest absolute Gasteiger partial charge is 0.224 e. The van der Waals surface area contributed by atoms with Gasteiger partial charge in [-0.15, -0.1) is 0 Å². The summed E-state index contributed by atoms with van der Waals surface area (Å²) >= 11 is 9.28. The highest BCUT2D eigenvalue weighted by Gasteiger charge is 2.32. The minimum Gasteiger partial charge on any atom is -0.492 e. The molecule has 28 heavy (non-hydrogen) atoms. The number of benzene rings is 2. The number of ether oxygens (including phenoxy) is 2. The van der Waals surface area contributed by atoms with Crippen molar-refractivity contribution in [1.82, 2.24) is 0 Å². The summed E-state index contributed by atoms with van der Waals surface area (Å²) in [6.07, 6.45) is 1.18. The molecule has 0 fully saturated rings. The van der Waals surface area contributed by atoms with Crippen LogP contribution in [0.25, 0.3) is 0 Å². The number of fused-ring (bicyclic) bond motifs is 1. The Morgan fingerprint density at radius 3 is 2.82 bits per heavy atom. The summed E-state index contributed by atoms with van der Waals surface area (Å²) in [5.74, 6) is 1.12. The fourth-order valence-corrected chi connectivity index (χ4v) is 3.76. The lowest BCUT2D eigenvalue weighted by atomic mass is 9.93. The minimum absolute atomic E-state index is 0.0179. The summed E-state index contributed by atoms with van der Waals surface area (Å²) in [5, 5.41) is 3.44. The Hall–Kier alpha value is -2.05. The number of halogens is 2. The molecule has 7 heteroatoms. The molecule has 5 nitrogen and oxygen atoms in total. The van der Waals surface area contributed by atoms with Crippen LogP contribution in [0.4, 0.5) is 5.69 Å². The maximum Gasteiger partial charge on any atom is 0.224 e. The summed E-state index contributed by atoms with van der Waals surface area (Å²) < 4.78 is 12.3. The number of anilines is 1.